The van der Waals surface area contributed by atoms with E-state index >= 15 is 0 Å². The lowest BCUT2D eigenvalue weighted by Crippen LogP contribution is -2.20. The molecule has 0 saturated carbocycles. The Morgan fingerprint density at radius 1 is 1.14 bits per heavy atom. The second-order valence-corrected chi connectivity index (χ2v) is 13.2. The number of nitrogens with zero attached hydrogens (tertiary/aromatic N) is 4. The Morgan fingerprint density at radius 3 is 2.64 bits per heavy atom. The lowest BCUT2D eigenvalue weighted by molar-refractivity contribution is -0.108. The molecule has 2 aliphatic rings. The fourth-order valence-corrected chi connectivity index (χ4v) is 6.71. The molecule has 1 fully saturated rings. The molecule has 0 atom stereocenters. The van der Waals surface area contributed by atoms with Gasteiger partial charge >= 0.3 is 0 Å². The Kier molecular flexibility index (Phi) is 12.1. The number of rotatable bonds is 12. The number of anilines is 4. The van der Waals surface area contributed by atoms with Gasteiger partial charge in [-0.25, -0.2) is 4.98 Å². The number of ether oxygens (including phenoxy) is 1. The van der Waals surface area contributed by atoms with Gasteiger partial charge in [-0.15, -0.1) is 23.1 Å². The van der Waals surface area contributed by atoms with Crippen molar-refractivity contribution in [3.8, 4) is 5.75 Å². The van der Waals surface area contributed by atoms with Crippen LogP contribution >= 0.6 is 23.1 Å². The van der Waals surface area contributed by atoms with E-state index in [2.05, 4.69) is 77.9 Å². The highest BCUT2D eigenvalue weighted by Crippen LogP contribution is 2.36. The predicted octanol–water partition coefficient (Wildman–Crippen LogP) is 7.69. The number of hydrogen-bond acceptors (Lipinski definition) is 10. The molecule has 0 radical (unpaired) electrons. The Hall–Kier alpha value is -3.08. The van der Waals surface area contributed by atoms with E-state index in [0.717, 1.165) is 84.0 Å². The van der Waals surface area contributed by atoms with Crippen LogP contribution in [-0.4, -0.2) is 66.7 Å². The van der Waals surface area contributed by atoms with E-state index in [9.17, 15) is 4.79 Å². The molecule has 8 nitrogen and oxygen atoms in total. The number of benzene rings is 1. The minimum atomic E-state index is 0.518. The number of fused-ring (bicyclic) bond motifs is 1. The summed E-state index contributed by atoms with van der Waals surface area (Å²) in [5.74, 6) is 2.12. The van der Waals surface area contributed by atoms with E-state index < -0.39 is 0 Å². The summed E-state index contributed by atoms with van der Waals surface area (Å²) in [5, 5.41) is 9.61. The Labute approximate surface area is 258 Å². The summed E-state index contributed by atoms with van der Waals surface area (Å²) >= 11 is 3.54. The number of likely N-dealkylation sites (tertiary alicyclic amines) is 1. The molecular weight excluding hydrogens is 565 g/mol. The number of aldehydes is 1. The van der Waals surface area contributed by atoms with Crippen molar-refractivity contribution in [3.63, 3.8) is 0 Å². The van der Waals surface area contributed by atoms with Crippen molar-refractivity contribution in [2.24, 2.45) is 0 Å². The normalized spacial score (nSPS) is 15.1. The van der Waals surface area contributed by atoms with Gasteiger partial charge in [-0.05, 0) is 74.8 Å². The summed E-state index contributed by atoms with van der Waals surface area (Å²) in [4.78, 5) is 25.3. The molecule has 0 amide bonds. The lowest BCUT2D eigenvalue weighted by atomic mass is 10.1. The van der Waals surface area contributed by atoms with E-state index in [1.54, 1.807) is 18.4 Å². The van der Waals surface area contributed by atoms with Crippen molar-refractivity contribution < 1.29 is 9.53 Å². The molecule has 3 aromatic rings. The number of carbonyl (C=O) groups is 1. The van der Waals surface area contributed by atoms with E-state index in [4.69, 9.17) is 14.7 Å². The number of aromatic nitrogens is 2. The molecule has 10 heteroatoms. The van der Waals surface area contributed by atoms with E-state index in [1.807, 2.05) is 23.9 Å². The fraction of sp³-hybridized carbons (Fsp3) is 0.469. The number of thioether (sulfide) groups is 1. The predicted molar refractivity (Wildman–Crippen MR) is 181 cm³/mol. The first-order valence-corrected chi connectivity index (χ1v) is 16.6. The van der Waals surface area contributed by atoms with Crippen LogP contribution in [-0.2, 0) is 4.79 Å². The third-order valence-corrected chi connectivity index (χ3v) is 9.01. The van der Waals surface area contributed by atoms with Gasteiger partial charge in [0.15, 0.2) is 5.82 Å². The largest absolute Gasteiger partial charge is 0.495 e. The van der Waals surface area contributed by atoms with Gasteiger partial charge < -0.3 is 25.1 Å². The van der Waals surface area contributed by atoms with Gasteiger partial charge in [0.2, 0.25) is 5.95 Å². The summed E-state index contributed by atoms with van der Waals surface area (Å²) in [6, 6.07) is 8.19. The highest BCUT2D eigenvalue weighted by atomic mass is 32.2. The number of hydrogen-bond donors (Lipinski definition) is 2. The first-order chi connectivity index (χ1) is 20.4. The first kappa shape index (κ1) is 31.8. The highest BCUT2D eigenvalue weighted by molar-refractivity contribution is 8.03. The third kappa shape index (κ3) is 8.72. The molecule has 2 aromatic heterocycles. The van der Waals surface area contributed by atoms with Crippen LogP contribution in [0.25, 0.3) is 10.2 Å². The molecule has 1 aliphatic heterocycles. The molecule has 42 heavy (non-hydrogen) atoms. The summed E-state index contributed by atoms with van der Waals surface area (Å²) < 4.78 is 6.67. The topological polar surface area (TPSA) is 82.6 Å². The zero-order valence-corrected chi connectivity index (χ0v) is 27.1. The van der Waals surface area contributed by atoms with Gasteiger partial charge in [0.1, 0.15) is 12.0 Å². The number of nitrogens with one attached hydrogen (secondary N) is 2. The van der Waals surface area contributed by atoms with Gasteiger partial charge in [0.05, 0.1) is 29.6 Å². The molecule has 1 saturated heterocycles. The van der Waals surface area contributed by atoms with Crippen LogP contribution in [0.15, 0.2) is 52.4 Å². The average molecular weight is 609 g/mol. The zero-order valence-electron chi connectivity index (χ0n) is 25.5. The maximum atomic E-state index is 9.92. The molecule has 0 bridgehead atoms. The molecule has 3 heterocycles. The number of carbonyl (C=O) groups excluding carboxylic acids is 1. The SMILES string of the molecule is CCCN(C)c1ccc(OC)c(Nc2nc(NC3=CCCC=C3SC(C)C)c3sccc3n2)c1.O=CCN1CCCC1. The molecule has 1 aromatic carbocycles. The molecule has 1 aliphatic carbocycles. The van der Waals surface area contributed by atoms with Gasteiger partial charge in [-0.2, -0.15) is 4.98 Å². The first-order valence-electron chi connectivity index (χ1n) is 14.8. The quantitative estimate of drug-likeness (QED) is 0.201. The Morgan fingerprint density at radius 2 is 1.93 bits per heavy atom. The molecule has 2 N–H and O–H groups in total. The number of allylic oxidation sites excluding steroid dienone is 2. The monoisotopic (exact) mass is 608 g/mol. The van der Waals surface area contributed by atoms with Crippen LogP contribution in [0.5, 0.6) is 5.75 Å². The fourth-order valence-electron chi connectivity index (χ4n) is 4.95. The van der Waals surface area contributed by atoms with Crippen LogP contribution in [0.3, 0.4) is 0 Å². The Bertz CT molecular complexity index is 1380. The van der Waals surface area contributed by atoms with Crippen molar-refractivity contribution in [2.75, 3.05) is 55.9 Å². The molecular formula is C32H44N6O2S2. The summed E-state index contributed by atoms with van der Waals surface area (Å²) in [6.07, 6.45) is 11.3. The van der Waals surface area contributed by atoms with Gasteiger partial charge in [-0.1, -0.05) is 32.9 Å². The second kappa shape index (κ2) is 16.0. The van der Waals surface area contributed by atoms with Gasteiger partial charge in [0.25, 0.3) is 0 Å². The van der Waals surface area contributed by atoms with Gasteiger partial charge in [0, 0.05) is 35.1 Å². The minimum absolute atomic E-state index is 0.518. The van der Waals surface area contributed by atoms with E-state index in [1.165, 1.54) is 17.7 Å². The summed E-state index contributed by atoms with van der Waals surface area (Å²) in [7, 11) is 3.78. The van der Waals surface area contributed by atoms with Crippen LogP contribution in [0, 0.1) is 0 Å². The molecule has 226 valence electrons. The van der Waals surface area contributed by atoms with Crippen molar-refractivity contribution in [2.45, 2.75) is 58.1 Å². The molecule has 0 spiro atoms. The number of methoxy groups -OCH3 is 1. The molecule has 5 rings (SSSR count). The van der Waals surface area contributed by atoms with Crippen molar-refractivity contribution in [1.82, 2.24) is 14.9 Å². The summed E-state index contributed by atoms with van der Waals surface area (Å²) in [6.45, 7) is 10.5. The highest BCUT2D eigenvalue weighted by Gasteiger charge is 2.17. The van der Waals surface area contributed by atoms with E-state index in [0.29, 0.717) is 17.7 Å². The zero-order chi connectivity index (χ0) is 29.9. The standard InChI is InChI=1S/C26H33N5OS2.C6H11NO/c1-6-14-31(4)18-11-12-22(32-5)21(16-18)29-26-28-20-13-15-33-24(20)25(30-26)27-19-9-7-8-10-23(19)34-17(2)3;8-6-5-7-3-1-2-4-7/h9-13,15-17H,6-8,14H2,1-5H3,(H2,27,28,29,30);6H,1-5H2. The Balaban J connectivity index is 0.000000437. The number of thiophene rings is 1. The van der Waals surface area contributed by atoms with Crippen LogP contribution in [0.2, 0.25) is 0 Å². The minimum Gasteiger partial charge on any atom is -0.495 e. The van der Waals surface area contributed by atoms with Crippen molar-refractivity contribution in [1.29, 1.82) is 0 Å². The third-order valence-electron chi connectivity index (χ3n) is 6.99. The van der Waals surface area contributed by atoms with Crippen LogP contribution in [0.1, 0.15) is 52.9 Å². The smallest absolute Gasteiger partial charge is 0.229 e. The van der Waals surface area contributed by atoms with Crippen LogP contribution < -0.4 is 20.3 Å². The lowest BCUT2D eigenvalue weighted by Gasteiger charge is -2.21. The van der Waals surface area contributed by atoms with Crippen LogP contribution in [0.4, 0.5) is 23.1 Å². The maximum Gasteiger partial charge on any atom is 0.229 e. The molecule has 0 unspecified atom stereocenters. The second-order valence-electron chi connectivity index (χ2n) is 10.7. The average Bonchev–Trinajstić information content (AvgIpc) is 3.67. The van der Waals surface area contributed by atoms with Crippen molar-refractivity contribution in [3.05, 3.63) is 52.4 Å². The van der Waals surface area contributed by atoms with E-state index in [-0.39, 0.29) is 0 Å². The van der Waals surface area contributed by atoms with Gasteiger partial charge in [-0.3, -0.25) is 4.90 Å². The maximum absolute atomic E-state index is 9.92. The summed E-state index contributed by atoms with van der Waals surface area (Å²) in [5.41, 5.74) is 4.01. The van der Waals surface area contributed by atoms with Crippen molar-refractivity contribution >= 4 is 62.7 Å².